The lowest BCUT2D eigenvalue weighted by Gasteiger charge is -2.24. The third-order valence-corrected chi connectivity index (χ3v) is 3.57. The van der Waals surface area contributed by atoms with E-state index >= 15 is 0 Å². The molecule has 122 valence electrons. The maximum Gasteiger partial charge on any atom is 0.317 e. The van der Waals surface area contributed by atoms with Gasteiger partial charge in [-0.3, -0.25) is 19.4 Å². The van der Waals surface area contributed by atoms with Gasteiger partial charge in [-0.15, -0.1) is 0 Å². The van der Waals surface area contributed by atoms with E-state index in [1.54, 1.807) is 0 Å². The van der Waals surface area contributed by atoms with Crippen molar-refractivity contribution >= 4 is 11.9 Å². The minimum absolute atomic E-state index is 0.0289. The molecule has 0 aliphatic carbocycles. The van der Waals surface area contributed by atoms with Gasteiger partial charge in [0.15, 0.2) is 0 Å². The summed E-state index contributed by atoms with van der Waals surface area (Å²) in [5.74, 6) is -1.65. The fourth-order valence-corrected chi connectivity index (χ4v) is 2.25. The molecule has 0 saturated carbocycles. The van der Waals surface area contributed by atoms with E-state index in [0.29, 0.717) is 6.54 Å². The molecule has 1 fully saturated rings. The second kappa shape index (κ2) is 9.67. The highest BCUT2D eigenvalue weighted by Crippen LogP contribution is 1.98. The van der Waals surface area contributed by atoms with Crippen LogP contribution in [0.4, 0.5) is 0 Å². The van der Waals surface area contributed by atoms with Crippen molar-refractivity contribution in [3.8, 4) is 0 Å². The zero-order chi connectivity index (χ0) is 15.7. The number of nitrogens with zero attached hydrogens (tertiary/aromatic N) is 3. The van der Waals surface area contributed by atoms with Gasteiger partial charge in [-0.2, -0.15) is 0 Å². The first-order valence-electron chi connectivity index (χ1n) is 7.25. The van der Waals surface area contributed by atoms with Crippen molar-refractivity contribution in [2.75, 3.05) is 72.5 Å². The summed E-state index contributed by atoms with van der Waals surface area (Å²) < 4.78 is 0. The minimum Gasteiger partial charge on any atom is -0.480 e. The standard InChI is InChI=1S/C13H26N4O4/c1-15-4-6-16(3-2-14-10-12(18)19)8-9-17(7-5-15)11-13(20)21/h14H,2-11H2,1H3,(H,18,19)(H,20,21). The molecule has 0 radical (unpaired) electrons. The highest BCUT2D eigenvalue weighted by atomic mass is 16.4. The van der Waals surface area contributed by atoms with E-state index in [4.69, 9.17) is 10.2 Å². The average Bonchev–Trinajstić information content (AvgIpc) is 2.48. The minimum atomic E-state index is -0.855. The van der Waals surface area contributed by atoms with Crippen molar-refractivity contribution in [1.82, 2.24) is 20.0 Å². The smallest absolute Gasteiger partial charge is 0.317 e. The number of carbonyl (C=O) groups is 2. The van der Waals surface area contributed by atoms with Gasteiger partial charge in [0, 0.05) is 52.4 Å². The lowest BCUT2D eigenvalue weighted by molar-refractivity contribution is -0.138. The number of nitrogens with one attached hydrogen (secondary N) is 1. The monoisotopic (exact) mass is 302 g/mol. The molecular weight excluding hydrogens is 276 g/mol. The Bertz CT molecular complexity index is 340. The summed E-state index contributed by atoms with van der Waals surface area (Å²) in [6.45, 7) is 6.40. The van der Waals surface area contributed by atoms with E-state index in [-0.39, 0.29) is 13.1 Å². The van der Waals surface area contributed by atoms with Gasteiger partial charge in [-0.05, 0) is 7.05 Å². The average molecular weight is 302 g/mol. The zero-order valence-electron chi connectivity index (χ0n) is 12.6. The van der Waals surface area contributed by atoms with Crippen LogP contribution >= 0.6 is 0 Å². The fraction of sp³-hybridized carbons (Fsp3) is 0.846. The molecule has 0 spiro atoms. The maximum atomic E-state index is 10.9. The van der Waals surface area contributed by atoms with E-state index in [2.05, 4.69) is 15.1 Å². The predicted molar refractivity (Wildman–Crippen MR) is 78.5 cm³/mol. The third-order valence-electron chi connectivity index (χ3n) is 3.57. The lowest BCUT2D eigenvalue weighted by Crippen LogP contribution is -2.41. The first-order valence-corrected chi connectivity index (χ1v) is 7.25. The van der Waals surface area contributed by atoms with Crippen molar-refractivity contribution < 1.29 is 19.8 Å². The maximum absolute atomic E-state index is 10.9. The van der Waals surface area contributed by atoms with Gasteiger partial charge in [0.1, 0.15) is 0 Å². The van der Waals surface area contributed by atoms with Gasteiger partial charge in [0.25, 0.3) is 0 Å². The van der Waals surface area contributed by atoms with E-state index < -0.39 is 11.9 Å². The summed E-state index contributed by atoms with van der Waals surface area (Å²) in [5.41, 5.74) is 0. The van der Waals surface area contributed by atoms with Crippen LogP contribution in [0.2, 0.25) is 0 Å². The molecule has 8 heteroatoms. The van der Waals surface area contributed by atoms with Crippen molar-refractivity contribution in [2.24, 2.45) is 0 Å². The quantitative estimate of drug-likeness (QED) is 0.479. The predicted octanol–water partition coefficient (Wildman–Crippen LogP) is -1.71. The molecule has 21 heavy (non-hydrogen) atoms. The fourth-order valence-electron chi connectivity index (χ4n) is 2.25. The lowest BCUT2D eigenvalue weighted by atomic mass is 10.4. The SMILES string of the molecule is CN1CCN(CCNCC(=O)O)CCN(CC(=O)O)CC1. The van der Waals surface area contributed by atoms with Gasteiger partial charge in [0.2, 0.25) is 0 Å². The summed E-state index contributed by atoms with van der Waals surface area (Å²) in [4.78, 5) is 27.7. The number of rotatable bonds is 7. The molecule has 1 saturated heterocycles. The highest BCUT2D eigenvalue weighted by Gasteiger charge is 2.16. The van der Waals surface area contributed by atoms with Gasteiger partial charge in [0.05, 0.1) is 13.1 Å². The molecule has 0 aromatic heterocycles. The second-order valence-electron chi connectivity index (χ2n) is 5.39. The van der Waals surface area contributed by atoms with E-state index in [0.717, 1.165) is 45.8 Å². The van der Waals surface area contributed by atoms with E-state index in [1.165, 1.54) is 0 Å². The molecule has 0 aromatic rings. The summed E-state index contributed by atoms with van der Waals surface area (Å²) in [6.07, 6.45) is 0. The van der Waals surface area contributed by atoms with Gasteiger partial charge in [-0.1, -0.05) is 0 Å². The Morgan fingerprint density at radius 2 is 1.52 bits per heavy atom. The van der Waals surface area contributed by atoms with Crippen LogP contribution in [0.5, 0.6) is 0 Å². The Balaban J connectivity index is 2.40. The van der Waals surface area contributed by atoms with Crippen molar-refractivity contribution in [3.63, 3.8) is 0 Å². The van der Waals surface area contributed by atoms with Crippen LogP contribution in [0, 0.1) is 0 Å². The van der Waals surface area contributed by atoms with Crippen LogP contribution in [0.15, 0.2) is 0 Å². The largest absolute Gasteiger partial charge is 0.480 e. The van der Waals surface area contributed by atoms with E-state index in [9.17, 15) is 9.59 Å². The first-order chi connectivity index (χ1) is 9.97. The Morgan fingerprint density at radius 1 is 0.952 bits per heavy atom. The molecule has 1 heterocycles. The normalized spacial score (nSPS) is 19.7. The van der Waals surface area contributed by atoms with Crippen LogP contribution in [0.3, 0.4) is 0 Å². The van der Waals surface area contributed by atoms with Crippen LogP contribution in [0.25, 0.3) is 0 Å². The molecule has 0 amide bonds. The number of hydrogen-bond acceptors (Lipinski definition) is 6. The van der Waals surface area contributed by atoms with Crippen LogP contribution in [-0.2, 0) is 9.59 Å². The molecule has 3 N–H and O–H groups in total. The molecule has 0 aromatic carbocycles. The van der Waals surface area contributed by atoms with E-state index in [1.807, 2.05) is 11.9 Å². The van der Waals surface area contributed by atoms with Crippen molar-refractivity contribution in [3.05, 3.63) is 0 Å². The van der Waals surface area contributed by atoms with Gasteiger partial charge < -0.3 is 20.4 Å². The van der Waals surface area contributed by atoms with Crippen LogP contribution in [0.1, 0.15) is 0 Å². The zero-order valence-corrected chi connectivity index (χ0v) is 12.6. The molecular formula is C13H26N4O4. The van der Waals surface area contributed by atoms with Gasteiger partial charge >= 0.3 is 11.9 Å². The number of likely N-dealkylation sites (N-methyl/N-ethyl adjacent to an activating group) is 1. The first kappa shape index (κ1) is 17.8. The van der Waals surface area contributed by atoms with Gasteiger partial charge in [-0.25, -0.2) is 0 Å². The summed E-state index contributed by atoms with van der Waals surface area (Å²) in [5, 5.41) is 20.4. The highest BCUT2D eigenvalue weighted by molar-refractivity contribution is 5.69. The Kier molecular flexibility index (Phi) is 8.21. The molecule has 0 bridgehead atoms. The molecule has 0 unspecified atom stereocenters. The third kappa shape index (κ3) is 8.61. The second-order valence-corrected chi connectivity index (χ2v) is 5.39. The molecule has 1 aliphatic rings. The summed E-state index contributed by atoms with van der Waals surface area (Å²) in [7, 11) is 2.03. The van der Waals surface area contributed by atoms with Crippen LogP contribution < -0.4 is 5.32 Å². The Hall–Kier alpha value is -1.22. The molecule has 8 nitrogen and oxygen atoms in total. The Morgan fingerprint density at radius 3 is 2.14 bits per heavy atom. The van der Waals surface area contributed by atoms with Crippen LogP contribution in [-0.4, -0.2) is 109 Å². The summed E-state index contributed by atoms with van der Waals surface area (Å²) >= 11 is 0. The number of aliphatic carboxylic acids is 2. The summed E-state index contributed by atoms with van der Waals surface area (Å²) in [6, 6.07) is 0. The number of hydrogen-bond donors (Lipinski definition) is 3. The number of carboxylic acids is 2. The Labute approximate surface area is 125 Å². The topological polar surface area (TPSA) is 96.4 Å². The number of carboxylic acid groups (broad SMARTS) is 2. The molecule has 1 aliphatic heterocycles. The van der Waals surface area contributed by atoms with Crippen molar-refractivity contribution in [1.29, 1.82) is 0 Å². The van der Waals surface area contributed by atoms with Crippen molar-refractivity contribution in [2.45, 2.75) is 0 Å². The molecule has 0 atom stereocenters. The molecule has 1 rings (SSSR count).